The van der Waals surface area contributed by atoms with Crippen molar-refractivity contribution in [1.29, 1.82) is 0 Å². The Morgan fingerprint density at radius 2 is 2.33 bits per heavy atom. The first-order valence-electron chi connectivity index (χ1n) is 3.25. The third kappa shape index (κ3) is 0.887. The molecule has 0 fully saturated rings. The van der Waals surface area contributed by atoms with Gasteiger partial charge in [-0.2, -0.15) is 0 Å². The van der Waals surface area contributed by atoms with E-state index in [0.717, 1.165) is 0 Å². The average Bonchev–Trinajstić information content (AvgIpc) is 2.49. The fraction of sp³-hybridized carbons (Fsp3) is 0. The number of nitrogens with zero attached hydrogens (tertiary/aromatic N) is 3. The molecule has 5 heteroatoms. The number of carbonyl (C=O) groups is 1. The van der Waals surface area contributed by atoms with E-state index in [2.05, 4.69) is 9.97 Å². The summed E-state index contributed by atoms with van der Waals surface area (Å²) < 4.78 is 1.59. The van der Waals surface area contributed by atoms with Gasteiger partial charge in [0.15, 0.2) is 17.3 Å². The van der Waals surface area contributed by atoms with Crippen molar-refractivity contribution in [3.8, 4) is 0 Å². The zero-order valence-corrected chi connectivity index (χ0v) is 6.69. The van der Waals surface area contributed by atoms with Crippen LogP contribution in [0.2, 0.25) is 5.15 Å². The lowest BCUT2D eigenvalue weighted by atomic mass is 10.6. The molecule has 2 rings (SSSR count). The third-order valence-electron chi connectivity index (χ3n) is 1.55. The molecule has 0 N–H and O–H groups in total. The number of fused-ring (bicyclic) bond motifs is 1. The number of imidazole rings is 1. The van der Waals surface area contributed by atoms with Crippen molar-refractivity contribution < 1.29 is 4.79 Å². The van der Waals surface area contributed by atoms with Crippen molar-refractivity contribution in [2.45, 2.75) is 0 Å². The van der Waals surface area contributed by atoms with Crippen LogP contribution in [0.15, 0.2) is 18.6 Å². The standard InChI is InChI=1S/C7H4ClN3O/c8-7-5-3-10-6(4-12)11(5)2-1-9-7/h1-4H. The van der Waals surface area contributed by atoms with Gasteiger partial charge in [0.1, 0.15) is 5.52 Å². The van der Waals surface area contributed by atoms with Crippen molar-refractivity contribution in [2.24, 2.45) is 0 Å². The topological polar surface area (TPSA) is 47.3 Å². The van der Waals surface area contributed by atoms with Crippen LogP contribution in [-0.2, 0) is 0 Å². The van der Waals surface area contributed by atoms with Crippen LogP contribution in [0.3, 0.4) is 0 Å². The summed E-state index contributed by atoms with van der Waals surface area (Å²) in [6, 6.07) is 0. The van der Waals surface area contributed by atoms with Gasteiger partial charge < -0.3 is 0 Å². The Hall–Kier alpha value is -1.42. The van der Waals surface area contributed by atoms with E-state index in [-0.39, 0.29) is 0 Å². The second-order valence-electron chi connectivity index (χ2n) is 2.21. The quantitative estimate of drug-likeness (QED) is 0.621. The van der Waals surface area contributed by atoms with E-state index in [1.165, 1.54) is 12.4 Å². The largest absolute Gasteiger partial charge is 0.294 e. The third-order valence-corrected chi connectivity index (χ3v) is 1.84. The summed E-state index contributed by atoms with van der Waals surface area (Å²) in [6.45, 7) is 0. The van der Waals surface area contributed by atoms with E-state index in [0.29, 0.717) is 22.8 Å². The molecule has 0 radical (unpaired) electrons. The molecule has 0 saturated carbocycles. The highest BCUT2D eigenvalue weighted by molar-refractivity contribution is 6.32. The van der Waals surface area contributed by atoms with Gasteiger partial charge in [-0.25, -0.2) is 9.97 Å². The Kier molecular flexibility index (Phi) is 1.55. The summed E-state index contributed by atoms with van der Waals surface area (Å²) in [5.41, 5.74) is 0.640. The molecule has 12 heavy (non-hydrogen) atoms. The van der Waals surface area contributed by atoms with E-state index < -0.39 is 0 Å². The number of aldehydes is 1. The van der Waals surface area contributed by atoms with Gasteiger partial charge in [0.2, 0.25) is 0 Å². The van der Waals surface area contributed by atoms with Gasteiger partial charge in [0.25, 0.3) is 0 Å². The predicted molar refractivity (Wildman–Crippen MR) is 43.4 cm³/mol. The summed E-state index contributed by atoms with van der Waals surface area (Å²) in [7, 11) is 0. The van der Waals surface area contributed by atoms with Crippen LogP contribution in [0.1, 0.15) is 10.6 Å². The van der Waals surface area contributed by atoms with Gasteiger partial charge in [0, 0.05) is 12.4 Å². The van der Waals surface area contributed by atoms with Crippen molar-refractivity contribution >= 4 is 23.4 Å². The molecule has 0 aliphatic carbocycles. The predicted octanol–water partition coefficient (Wildman–Crippen LogP) is 1.20. The molecule has 0 spiro atoms. The van der Waals surface area contributed by atoms with Crippen LogP contribution in [-0.4, -0.2) is 20.7 Å². The Bertz CT molecular complexity index is 437. The number of carbonyl (C=O) groups excluding carboxylic acids is 1. The molecule has 0 unspecified atom stereocenters. The molecule has 2 aromatic heterocycles. The first-order valence-corrected chi connectivity index (χ1v) is 3.63. The van der Waals surface area contributed by atoms with Gasteiger partial charge in [-0.1, -0.05) is 11.6 Å². The smallest absolute Gasteiger partial charge is 0.185 e. The second-order valence-corrected chi connectivity index (χ2v) is 2.57. The Labute approximate surface area is 72.8 Å². The molecule has 0 aliphatic rings. The molecule has 0 amide bonds. The lowest BCUT2D eigenvalue weighted by Crippen LogP contribution is -1.92. The van der Waals surface area contributed by atoms with Crippen molar-refractivity contribution in [3.63, 3.8) is 0 Å². The minimum absolute atomic E-state index is 0.328. The number of hydrogen-bond donors (Lipinski definition) is 0. The van der Waals surface area contributed by atoms with Crippen LogP contribution in [0.5, 0.6) is 0 Å². The minimum atomic E-state index is 0.328. The molecule has 60 valence electrons. The summed E-state index contributed by atoms with van der Waals surface area (Å²) >= 11 is 5.74. The van der Waals surface area contributed by atoms with E-state index in [1.54, 1.807) is 10.6 Å². The highest BCUT2D eigenvalue weighted by Gasteiger charge is 2.04. The number of rotatable bonds is 1. The summed E-state index contributed by atoms with van der Waals surface area (Å²) in [4.78, 5) is 18.1. The lowest BCUT2D eigenvalue weighted by molar-refractivity contribution is 0.111. The van der Waals surface area contributed by atoms with Gasteiger partial charge in [-0.15, -0.1) is 0 Å². The Morgan fingerprint density at radius 3 is 3.08 bits per heavy atom. The van der Waals surface area contributed by atoms with Crippen molar-refractivity contribution in [1.82, 2.24) is 14.4 Å². The van der Waals surface area contributed by atoms with Crippen LogP contribution < -0.4 is 0 Å². The molecular formula is C7H4ClN3O. The first-order chi connectivity index (χ1) is 5.83. The average molecular weight is 182 g/mol. The summed E-state index contributed by atoms with van der Waals surface area (Å²) in [6.07, 6.45) is 5.34. The molecule has 2 aromatic rings. The van der Waals surface area contributed by atoms with Gasteiger partial charge in [-0.3, -0.25) is 9.20 Å². The number of aromatic nitrogens is 3. The van der Waals surface area contributed by atoms with Crippen LogP contribution in [0.4, 0.5) is 0 Å². The number of halogens is 1. The maximum atomic E-state index is 10.4. The van der Waals surface area contributed by atoms with E-state index in [9.17, 15) is 4.79 Å². The summed E-state index contributed by atoms with van der Waals surface area (Å²) in [5.74, 6) is 0.328. The van der Waals surface area contributed by atoms with Gasteiger partial charge in [-0.05, 0) is 0 Å². The molecule has 0 saturated heterocycles. The molecule has 0 atom stereocenters. The van der Waals surface area contributed by atoms with Gasteiger partial charge >= 0.3 is 0 Å². The normalized spacial score (nSPS) is 10.4. The van der Waals surface area contributed by atoms with Crippen LogP contribution in [0.25, 0.3) is 5.52 Å². The van der Waals surface area contributed by atoms with E-state index >= 15 is 0 Å². The second kappa shape index (κ2) is 2.57. The van der Waals surface area contributed by atoms with Crippen molar-refractivity contribution in [3.05, 3.63) is 29.6 Å². The lowest BCUT2D eigenvalue weighted by Gasteiger charge is -1.94. The fourth-order valence-electron chi connectivity index (χ4n) is 1.00. The maximum absolute atomic E-state index is 10.4. The molecule has 4 nitrogen and oxygen atoms in total. The van der Waals surface area contributed by atoms with Crippen molar-refractivity contribution in [2.75, 3.05) is 0 Å². The fourth-order valence-corrected chi connectivity index (χ4v) is 1.20. The molecule has 2 heterocycles. The van der Waals surface area contributed by atoms with E-state index in [1.807, 2.05) is 0 Å². The van der Waals surface area contributed by atoms with Gasteiger partial charge in [0.05, 0.1) is 6.20 Å². The highest BCUT2D eigenvalue weighted by Crippen LogP contribution is 2.13. The zero-order valence-electron chi connectivity index (χ0n) is 5.94. The first kappa shape index (κ1) is 7.24. The maximum Gasteiger partial charge on any atom is 0.185 e. The number of hydrogen-bond acceptors (Lipinski definition) is 3. The Balaban J connectivity index is 2.88. The monoisotopic (exact) mass is 181 g/mol. The van der Waals surface area contributed by atoms with Crippen LogP contribution in [0, 0.1) is 0 Å². The molecular weight excluding hydrogens is 178 g/mol. The highest BCUT2D eigenvalue weighted by atomic mass is 35.5. The zero-order chi connectivity index (χ0) is 8.55. The summed E-state index contributed by atoms with van der Waals surface area (Å²) in [5, 5.41) is 0.345. The molecule has 0 bridgehead atoms. The molecule has 0 aromatic carbocycles. The van der Waals surface area contributed by atoms with Crippen LogP contribution >= 0.6 is 11.6 Å². The Morgan fingerprint density at radius 1 is 1.50 bits per heavy atom. The van der Waals surface area contributed by atoms with E-state index in [4.69, 9.17) is 11.6 Å². The minimum Gasteiger partial charge on any atom is -0.294 e. The molecule has 0 aliphatic heterocycles. The SMILES string of the molecule is O=Cc1ncc2c(Cl)nccn12.